The molecule has 2 N–H and O–H groups in total. The van der Waals surface area contributed by atoms with Crippen molar-refractivity contribution in [1.82, 2.24) is 9.97 Å². The Bertz CT molecular complexity index is 698. The molecule has 0 radical (unpaired) electrons. The lowest BCUT2D eigenvalue weighted by Gasteiger charge is -1.96. The molecule has 3 rings (SSSR count). The fourth-order valence-corrected chi connectivity index (χ4v) is 1.81. The minimum atomic E-state index is -0.322. The third-order valence-electron chi connectivity index (χ3n) is 2.69. The molecule has 1 amide bonds. The van der Waals surface area contributed by atoms with Gasteiger partial charge in [-0.3, -0.25) is 10.1 Å². The smallest absolute Gasteiger partial charge is 0.293 e. The molecule has 18 heavy (non-hydrogen) atoms. The molecular weight excluding hydrogens is 230 g/mol. The van der Waals surface area contributed by atoms with Crippen molar-refractivity contribution in [2.75, 3.05) is 5.32 Å². The quantitative estimate of drug-likeness (QED) is 0.724. The van der Waals surface area contributed by atoms with Crippen molar-refractivity contribution in [2.45, 2.75) is 6.92 Å². The van der Waals surface area contributed by atoms with Gasteiger partial charge in [0.1, 0.15) is 0 Å². The Balaban J connectivity index is 1.92. The number of benzene rings is 1. The highest BCUT2D eigenvalue weighted by molar-refractivity contribution is 6.02. The largest absolute Gasteiger partial charge is 0.459 e. The standard InChI is InChI=1S/C13H11N3O2/c1-8-4-2-5-9-11(8)15-13(14-9)16-12(17)10-6-3-7-18-10/h2-7H,1H3,(H2,14,15,16,17). The number of aryl methyl sites for hydroxylation is 1. The topological polar surface area (TPSA) is 70.9 Å². The second kappa shape index (κ2) is 4.03. The molecule has 5 nitrogen and oxygen atoms in total. The lowest BCUT2D eigenvalue weighted by Crippen LogP contribution is -2.11. The number of H-pyrrole nitrogens is 1. The molecule has 0 spiro atoms. The molecule has 0 unspecified atom stereocenters. The second-order valence-electron chi connectivity index (χ2n) is 3.99. The number of amides is 1. The van der Waals surface area contributed by atoms with Crippen molar-refractivity contribution < 1.29 is 9.21 Å². The Morgan fingerprint density at radius 3 is 2.94 bits per heavy atom. The van der Waals surface area contributed by atoms with E-state index in [1.54, 1.807) is 12.1 Å². The zero-order chi connectivity index (χ0) is 12.5. The van der Waals surface area contributed by atoms with Crippen LogP contribution in [0.3, 0.4) is 0 Å². The van der Waals surface area contributed by atoms with E-state index < -0.39 is 0 Å². The summed E-state index contributed by atoms with van der Waals surface area (Å²) in [6.07, 6.45) is 1.46. The molecule has 0 bridgehead atoms. The summed E-state index contributed by atoms with van der Waals surface area (Å²) in [5, 5.41) is 2.66. The Morgan fingerprint density at radius 2 is 2.22 bits per heavy atom. The predicted molar refractivity (Wildman–Crippen MR) is 67.5 cm³/mol. The highest BCUT2D eigenvalue weighted by Crippen LogP contribution is 2.18. The van der Waals surface area contributed by atoms with Crippen molar-refractivity contribution in [2.24, 2.45) is 0 Å². The summed E-state index contributed by atoms with van der Waals surface area (Å²) >= 11 is 0. The van der Waals surface area contributed by atoms with Crippen molar-refractivity contribution in [3.8, 4) is 0 Å². The van der Waals surface area contributed by atoms with Crippen LogP contribution in [-0.4, -0.2) is 15.9 Å². The van der Waals surface area contributed by atoms with E-state index in [0.717, 1.165) is 16.6 Å². The van der Waals surface area contributed by atoms with Gasteiger partial charge >= 0.3 is 0 Å². The molecule has 2 aromatic heterocycles. The predicted octanol–water partition coefficient (Wildman–Crippen LogP) is 2.72. The molecular formula is C13H11N3O2. The Labute approximate surface area is 103 Å². The summed E-state index contributed by atoms with van der Waals surface area (Å²) in [4.78, 5) is 19.1. The molecule has 5 heteroatoms. The van der Waals surface area contributed by atoms with Crippen molar-refractivity contribution >= 4 is 22.9 Å². The molecule has 2 heterocycles. The maximum Gasteiger partial charge on any atom is 0.293 e. The highest BCUT2D eigenvalue weighted by Gasteiger charge is 2.11. The van der Waals surface area contributed by atoms with Crippen LogP contribution >= 0.6 is 0 Å². The number of rotatable bonds is 2. The Kier molecular flexibility index (Phi) is 2.37. The third kappa shape index (κ3) is 1.75. The summed E-state index contributed by atoms with van der Waals surface area (Å²) in [6.45, 7) is 1.97. The number of para-hydroxylation sites is 1. The fraction of sp³-hybridized carbons (Fsp3) is 0.0769. The summed E-state index contributed by atoms with van der Waals surface area (Å²) in [6, 6.07) is 9.09. The SMILES string of the molecule is Cc1cccc2[nH]c(NC(=O)c3ccco3)nc12. The van der Waals surface area contributed by atoms with Crippen LogP contribution in [0.5, 0.6) is 0 Å². The monoisotopic (exact) mass is 241 g/mol. The summed E-state index contributed by atoms with van der Waals surface area (Å²) < 4.78 is 5.01. The van der Waals surface area contributed by atoms with E-state index in [4.69, 9.17) is 4.42 Å². The van der Waals surface area contributed by atoms with Crippen molar-refractivity contribution in [3.63, 3.8) is 0 Å². The van der Waals surface area contributed by atoms with E-state index >= 15 is 0 Å². The number of fused-ring (bicyclic) bond motifs is 1. The van der Waals surface area contributed by atoms with E-state index in [2.05, 4.69) is 15.3 Å². The number of hydrogen-bond donors (Lipinski definition) is 2. The zero-order valence-corrected chi connectivity index (χ0v) is 9.73. The minimum Gasteiger partial charge on any atom is -0.459 e. The molecule has 0 aliphatic heterocycles. The number of carbonyl (C=O) groups is 1. The molecule has 3 aromatic rings. The number of hydrogen-bond acceptors (Lipinski definition) is 3. The number of anilines is 1. The van der Waals surface area contributed by atoms with Gasteiger partial charge in [0.25, 0.3) is 5.91 Å². The van der Waals surface area contributed by atoms with Gasteiger partial charge in [-0.1, -0.05) is 12.1 Å². The summed E-state index contributed by atoms with van der Waals surface area (Å²) in [7, 11) is 0. The average Bonchev–Trinajstić information content (AvgIpc) is 2.97. The van der Waals surface area contributed by atoms with E-state index in [1.807, 2.05) is 25.1 Å². The number of nitrogens with one attached hydrogen (secondary N) is 2. The minimum absolute atomic E-state index is 0.257. The van der Waals surface area contributed by atoms with Crippen LogP contribution in [-0.2, 0) is 0 Å². The van der Waals surface area contributed by atoms with E-state index in [-0.39, 0.29) is 11.7 Å². The number of carbonyl (C=O) groups excluding carboxylic acids is 1. The Morgan fingerprint density at radius 1 is 1.33 bits per heavy atom. The van der Waals surface area contributed by atoms with Crippen LogP contribution in [0.2, 0.25) is 0 Å². The number of aromatic amines is 1. The van der Waals surface area contributed by atoms with Gasteiger partial charge in [-0.05, 0) is 30.7 Å². The molecule has 0 fully saturated rings. The number of aromatic nitrogens is 2. The lowest BCUT2D eigenvalue weighted by atomic mass is 10.2. The van der Waals surface area contributed by atoms with Crippen LogP contribution in [0.25, 0.3) is 11.0 Å². The van der Waals surface area contributed by atoms with Gasteiger partial charge in [0.15, 0.2) is 5.76 Å². The molecule has 0 aliphatic carbocycles. The van der Waals surface area contributed by atoms with E-state index in [9.17, 15) is 4.79 Å². The number of imidazole rings is 1. The highest BCUT2D eigenvalue weighted by atomic mass is 16.3. The molecule has 0 atom stereocenters. The van der Waals surface area contributed by atoms with Gasteiger partial charge in [0.05, 0.1) is 17.3 Å². The molecule has 0 saturated heterocycles. The van der Waals surface area contributed by atoms with Crippen molar-refractivity contribution in [3.05, 3.63) is 47.9 Å². The van der Waals surface area contributed by atoms with Gasteiger partial charge in [-0.15, -0.1) is 0 Å². The first-order valence-corrected chi connectivity index (χ1v) is 5.54. The van der Waals surface area contributed by atoms with Crippen LogP contribution in [0.4, 0.5) is 5.95 Å². The summed E-state index contributed by atoms with van der Waals surface area (Å²) in [5.74, 6) is 0.351. The van der Waals surface area contributed by atoms with Gasteiger partial charge in [0.2, 0.25) is 5.95 Å². The fourth-order valence-electron chi connectivity index (χ4n) is 1.81. The zero-order valence-electron chi connectivity index (χ0n) is 9.73. The van der Waals surface area contributed by atoms with E-state index in [1.165, 1.54) is 6.26 Å². The summed E-state index contributed by atoms with van der Waals surface area (Å²) in [5.41, 5.74) is 2.80. The third-order valence-corrected chi connectivity index (χ3v) is 2.69. The normalized spacial score (nSPS) is 10.7. The van der Waals surface area contributed by atoms with Gasteiger partial charge in [-0.2, -0.15) is 0 Å². The van der Waals surface area contributed by atoms with E-state index in [0.29, 0.717) is 5.95 Å². The first-order chi connectivity index (χ1) is 8.74. The number of nitrogens with zero attached hydrogens (tertiary/aromatic N) is 1. The van der Waals surface area contributed by atoms with Crippen LogP contribution in [0.1, 0.15) is 16.1 Å². The first kappa shape index (κ1) is 10.6. The molecule has 90 valence electrons. The second-order valence-corrected chi connectivity index (χ2v) is 3.99. The number of furan rings is 1. The van der Waals surface area contributed by atoms with Gasteiger partial charge in [-0.25, -0.2) is 4.98 Å². The Hall–Kier alpha value is -2.56. The van der Waals surface area contributed by atoms with Gasteiger partial charge < -0.3 is 9.40 Å². The lowest BCUT2D eigenvalue weighted by molar-refractivity contribution is 0.0996. The van der Waals surface area contributed by atoms with Gasteiger partial charge in [0, 0.05) is 0 Å². The first-order valence-electron chi connectivity index (χ1n) is 5.54. The average molecular weight is 241 g/mol. The van der Waals surface area contributed by atoms with Crippen LogP contribution < -0.4 is 5.32 Å². The molecule has 0 aliphatic rings. The van der Waals surface area contributed by atoms with Crippen LogP contribution in [0.15, 0.2) is 41.0 Å². The maximum absolute atomic E-state index is 11.8. The molecule has 1 aromatic carbocycles. The maximum atomic E-state index is 11.8. The molecule has 0 saturated carbocycles. The van der Waals surface area contributed by atoms with Crippen molar-refractivity contribution in [1.29, 1.82) is 0 Å². The van der Waals surface area contributed by atoms with Crippen LogP contribution in [0, 0.1) is 6.92 Å².